The van der Waals surface area contributed by atoms with Crippen LogP contribution in [0.4, 0.5) is 9.18 Å². The molecule has 0 aliphatic rings. The fourth-order valence-electron chi connectivity index (χ4n) is 0.974. The number of amides is 1. The van der Waals surface area contributed by atoms with Gasteiger partial charge in [-0.1, -0.05) is 12.1 Å². The number of nitrogens with one attached hydrogen (secondary N) is 1. The Morgan fingerprint density at radius 1 is 1.44 bits per heavy atom. The highest BCUT2D eigenvalue weighted by atomic mass is 19.1. The van der Waals surface area contributed by atoms with Crippen LogP contribution in [-0.2, 0) is 16.1 Å². The SMILES string of the molecule is O=C(O)CNC(=O)OCc1cccc(F)c1. The van der Waals surface area contributed by atoms with Gasteiger partial charge in [-0.3, -0.25) is 4.79 Å². The van der Waals surface area contributed by atoms with E-state index in [-0.39, 0.29) is 6.61 Å². The molecule has 0 heterocycles. The van der Waals surface area contributed by atoms with Crippen molar-refractivity contribution in [2.75, 3.05) is 6.54 Å². The standard InChI is InChI=1S/C10H10FNO4/c11-8-3-1-2-7(4-8)6-16-10(15)12-5-9(13)14/h1-4H,5-6H2,(H,12,15)(H,13,14). The van der Waals surface area contributed by atoms with Crippen molar-refractivity contribution in [3.05, 3.63) is 35.6 Å². The number of aliphatic carboxylic acids is 1. The highest BCUT2D eigenvalue weighted by Crippen LogP contribution is 2.04. The molecule has 0 spiro atoms. The van der Waals surface area contributed by atoms with Crippen LogP contribution in [-0.4, -0.2) is 23.7 Å². The molecular formula is C10H10FNO4. The summed E-state index contributed by atoms with van der Waals surface area (Å²) < 4.78 is 17.4. The molecule has 0 saturated heterocycles. The Labute approximate surface area is 90.8 Å². The minimum Gasteiger partial charge on any atom is -0.480 e. The lowest BCUT2D eigenvalue weighted by atomic mass is 10.2. The minimum atomic E-state index is -1.16. The predicted octanol–water partition coefficient (Wildman–Crippen LogP) is 1.14. The molecule has 0 atom stereocenters. The van der Waals surface area contributed by atoms with E-state index in [1.807, 2.05) is 5.32 Å². The fraction of sp³-hybridized carbons (Fsp3) is 0.200. The van der Waals surface area contributed by atoms with Crippen LogP contribution in [0, 0.1) is 5.82 Å². The maximum atomic E-state index is 12.7. The Morgan fingerprint density at radius 3 is 2.81 bits per heavy atom. The van der Waals surface area contributed by atoms with Crippen molar-refractivity contribution in [1.29, 1.82) is 0 Å². The van der Waals surface area contributed by atoms with E-state index in [4.69, 9.17) is 5.11 Å². The number of benzene rings is 1. The Hall–Kier alpha value is -2.11. The van der Waals surface area contributed by atoms with E-state index in [0.29, 0.717) is 5.56 Å². The van der Waals surface area contributed by atoms with E-state index in [9.17, 15) is 14.0 Å². The quantitative estimate of drug-likeness (QED) is 0.808. The monoisotopic (exact) mass is 227 g/mol. The molecular weight excluding hydrogens is 217 g/mol. The molecule has 86 valence electrons. The van der Waals surface area contributed by atoms with Crippen molar-refractivity contribution in [3.8, 4) is 0 Å². The number of carbonyl (C=O) groups excluding carboxylic acids is 1. The van der Waals surface area contributed by atoms with E-state index in [0.717, 1.165) is 0 Å². The van der Waals surface area contributed by atoms with E-state index < -0.39 is 24.4 Å². The summed E-state index contributed by atoms with van der Waals surface area (Å²) in [6.07, 6.45) is -0.855. The van der Waals surface area contributed by atoms with Crippen molar-refractivity contribution >= 4 is 12.1 Å². The van der Waals surface area contributed by atoms with Crippen molar-refractivity contribution in [3.63, 3.8) is 0 Å². The fourth-order valence-corrected chi connectivity index (χ4v) is 0.974. The molecule has 1 aromatic rings. The first-order valence-electron chi connectivity index (χ1n) is 4.45. The molecule has 0 fully saturated rings. The van der Waals surface area contributed by atoms with Crippen molar-refractivity contribution in [2.24, 2.45) is 0 Å². The van der Waals surface area contributed by atoms with E-state index in [2.05, 4.69) is 4.74 Å². The van der Waals surface area contributed by atoms with E-state index in [1.165, 1.54) is 18.2 Å². The number of hydrogen-bond donors (Lipinski definition) is 2. The van der Waals surface area contributed by atoms with Gasteiger partial charge in [0.2, 0.25) is 0 Å². The van der Waals surface area contributed by atoms with Crippen LogP contribution < -0.4 is 5.32 Å². The van der Waals surface area contributed by atoms with Gasteiger partial charge >= 0.3 is 12.1 Å². The summed E-state index contributed by atoms with van der Waals surface area (Å²) in [6, 6.07) is 5.58. The van der Waals surface area contributed by atoms with Gasteiger partial charge in [0.15, 0.2) is 0 Å². The van der Waals surface area contributed by atoms with Crippen molar-refractivity contribution < 1.29 is 23.8 Å². The summed E-state index contributed by atoms with van der Waals surface area (Å²) >= 11 is 0. The molecule has 0 aliphatic carbocycles. The Balaban J connectivity index is 2.34. The third kappa shape index (κ3) is 4.41. The van der Waals surface area contributed by atoms with Crippen LogP contribution in [0.15, 0.2) is 24.3 Å². The maximum Gasteiger partial charge on any atom is 0.407 e. The number of carboxylic acids is 1. The summed E-state index contributed by atoms with van der Waals surface area (Å²) in [6.45, 7) is -0.620. The average Bonchev–Trinajstić information content (AvgIpc) is 2.23. The average molecular weight is 227 g/mol. The lowest BCUT2D eigenvalue weighted by Gasteiger charge is -2.05. The van der Waals surface area contributed by atoms with Crippen molar-refractivity contribution in [2.45, 2.75) is 6.61 Å². The summed E-state index contributed by atoms with van der Waals surface area (Å²) in [4.78, 5) is 21.0. The molecule has 1 aromatic carbocycles. The first-order valence-corrected chi connectivity index (χ1v) is 4.45. The van der Waals surface area contributed by atoms with Crippen LogP contribution in [0.3, 0.4) is 0 Å². The molecule has 6 heteroatoms. The van der Waals surface area contributed by atoms with Gasteiger partial charge < -0.3 is 15.2 Å². The Morgan fingerprint density at radius 2 is 2.19 bits per heavy atom. The molecule has 0 radical (unpaired) electrons. The van der Waals surface area contributed by atoms with Gasteiger partial charge in [0.25, 0.3) is 0 Å². The second-order valence-electron chi connectivity index (χ2n) is 2.95. The van der Waals surface area contributed by atoms with Gasteiger partial charge in [-0.25, -0.2) is 9.18 Å². The molecule has 0 bridgehead atoms. The van der Waals surface area contributed by atoms with Gasteiger partial charge in [-0.2, -0.15) is 0 Å². The smallest absolute Gasteiger partial charge is 0.407 e. The molecule has 0 aliphatic heterocycles. The lowest BCUT2D eigenvalue weighted by molar-refractivity contribution is -0.135. The predicted molar refractivity (Wildman–Crippen MR) is 52.2 cm³/mol. The molecule has 1 amide bonds. The minimum absolute atomic E-state index is 0.108. The summed E-state index contributed by atoms with van der Waals surface area (Å²) in [5.41, 5.74) is 0.491. The Kier molecular flexibility index (Phi) is 4.26. The zero-order chi connectivity index (χ0) is 12.0. The van der Waals surface area contributed by atoms with Crippen LogP contribution in [0.5, 0.6) is 0 Å². The van der Waals surface area contributed by atoms with E-state index >= 15 is 0 Å². The van der Waals surface area contributed by atoms with Crippen LogP contribution in [0.25, 0.3) is 0 Å². The molecule has 0 unspecified atom stereocenters. The first kappa shape index (κ1) is 12.0. The summed E-state index contributed by atoms with van der Waals surface area (Å²) in [7, 11) is 0. The number of hydrogen-bond acceptors (Lipinski definition) is 3. The van der Waals surface area contributed by atoms with Crippen LogP contribution in [0.1, 0.15) is 5.56 Å². The molecule has 2 N–H and O–H groups in total. The third-order valence-electron chi connectivity index (χ3n) is 1.64. The normalized spacial score (nSPS) is 9.56. The van der Waals surface area contributed by atoms with Gasteiger partial charge in [-0.05, 0) is 17.7 Å². The number of alkyl carbamates (subject to hydrolysis) is 1. The van der Waals surface area contributed by atoms with Gasteiger partial charge in [-0.15, -0.1) is 0 Å². The number of halogens is 1. The number of rotatable bonds is 4. The largest absolute Gasteiger partial charge is 0.480 e. The van der Waals surface area contributed by atoms with E-state index in [1.54, 1.807) is 6.07 Å². The molecule has 0 aromatic heterocycles. The van der Waals surface area contributed by atoms with Crippen LogP contribution in [0.2, 0.25) is 0 Å². The maximum absolute atomic E-state index is 12.7. The highest BCUT2D eigenvalue weighted by Gasteiger charge is 2.04. The molecule has 0 saturated carbocycles. The summed E-state index contributed by atoms with van der Waals surface area (Å²) in [5, 5.41) is 10.3. The second-order valence-corrected chi connectivity index (χ2v) is 2.95. The Bertz CT molecular complexity index is 394. The number of carbonyl (C=O) groups is 2. The number of ether oxygens (including phenoxy) is 1. The molecule has 1 rings (SSSR count). The number of carboxylic acid groups (broad SMARTS) is 1. The molecule has 16 heavy (non-hydrogen) atoms. The van der Waals surface area contributed by atoms with Gasteiger partial charge in [0.1, 0.15) is 19.0 Å². The zero-order valence-electron chi connectivity index (χ0n) is 8.27. The lowest BCUT2D eigenvalue weighted by Crippen LogP contribution is -2.29. The third-order valence-corrected chi connectivity index (χ3v) is 1.64. The molecule has 5 nitrogen and oxygen atoms in total. The van der Waals surface area contributed by atoms with Crippen LogP contribution >= 0.6 is 0 Å². The zero-order valence-corrected chi connectivity index (χ0v) is 8.27. The topological polar surface area (TPSA) is 75.6 Å². The first-order chi connectivity index (χ1) is 7.58. The van der Waals surface area contributed by atoms with Gasteiger partial charge in [0.05, 0.1) is 0 Å². The van der Waals surface area contributed by atoms with Gasteiger partial charge in [0, 0.05) is 0 Å². The summed E-state index contributed by atoms with van der Waals surface area (Å²) in [5.74, 6) is -1.59. The second kappa shape index (κ2) is 5.69. The van der Waals surface area contributed by atoms with Crippen molar-refractivity contribution in [1.82, 2.24) is 5.32 Å². The highest BCUT2D eigenvalue weighted by molar-refractivity contribution is 5.76.